The van der Waals surface area contributed by atoms with Crippen LogP contribution in [0, 0.1) is 11.3 Å². The van der Waals surface area contributed by atoms with Gasteiger partial charge in [0.15, 0.2) is 0 Å². The van der Waals surface area contributed by atoms with Crippen LogP contribution in [0.1, 0.15) is 23.4 Å². The maximum absolute atomic E-state index is 12.5. The average molecular weight is 247 g/mol. The second-order valence-electron chi connectivity index (χ2n) is 2.94. The van der Waals surface area contributed by atoms with Crippen LogP contribution in [0.25, 0.3) is 0 Å². The maximum Gasteiger partial charge on any atom is 0.280 e. The largest absolute Gasteiger partial charge is 0.496 e. The molecule has 0 bridgehead atoms. The summed E-state index contributed by atoms with van der Waals surface area (Å²) in [5.41, 5.74) is 0.330. The number of ether oxygens (including phenoxy) is 1. The molecule has 0 aliphatic heterocycles. The van der Waals surface area contributed by atoms with Gasteiger partial charge in [0.25, 0.3) is 6.43 Å². The third-order valence-corrected chi connectivity index (χ3v) is 2.27. The zero-order chi connectivity index (χ0) is 12.1. The lowest BCUT2D eigenvalue weighted by Gasteiger charge is -2.11. The summed E-state index contributed by atoms with van der Waals surface area (Å²) in [6, 6.07) is 3.05. The zero-order valence-electron chi connectivity index (χ0n) is 8.51. The standard InChI is InChI=1S/C10H9ClF2N2O/c1-16-9-4-7(10(12)13)15-8(5-11)6(9)2-3-14/h4,10H,2,5H2,1H3. The fourth-order valence-corrected chi connectivity index (χ4v) is 1.51. The fourth-order valence-electron chi connectivity index (χ4n) is 1.29. The van der Waals surface area contributed by atoms with Gasteiger partial charge in [-0.05, 0) is 0 Å². The smallest absolute Gasteiger partial charge is 0.280 e. The van der Waals surface area contributed by atoms with Crippen molar-refractivity contribution in [2.75, 3.05) is 7.11 Å². The molecule has 0 amide bonds. The molecular formula is C10H9ClF2N2O. The number of nitrogens with zero attached hydrogens (tertiary/aromatic N) is 2. The first-order valence-corrected chi connectivity index (χ1v) is 4.95. The van der Waals surface area contributed by atoms with Gasteiger partial charge in [0, 0.05) is 11.6 Å². The van der Waals surface area contributed by atoms with Crippen molar-refractivity contribution in [3.8, 4) is 11.8 Å². The van der Waals surface area contributed by atoms with Crippen LogP contribution >= 0.6 is 11.6 Å². The van der Waals surface area contributed by atoms with Gasteiger partial charge < -0.3 is 4.74 Å². The summed E-state index contributed by atoms with van der Waals surface area (Å²) in [7, 11) is 1.35. The van der Waals surface area contributed by atoms with Gasteiger partial charge in [-0.2, -0.15) is 5.26 Å². The second-order valence-corrected chi connectivity index (χ2v) is 3.21. The van der Waals surface area contributed by atoms with E-state index in [1.807, 2.05) is 6.07 Å². The highest BCUT2D eigenvalue weighted by Crippen LogP contribution is 2.28. The van der Waals surface area contributed by atoms with Crippen molar-refractivity contribution in [1.82, 2.24) is 4.98 Å². The summed E-state index contributed by atoms with van der Waals surface area (Å²) >= 11 is 5.60. The minimum Gasteiger partial charge on any atom is -0.496 e. The van der Waals surface area contributed by atoms with Crippen LogP contribution in [0.3, 0.4) is 0 Å². The molecule has 0 aliphatic rings. The molecule has 1 aromatic rings. The molecule has 86 valence electrons. The van der Waals surface area contributed by atoms with E-state index in [1.165, 1.54) is 7.11 Å². The zero-order valence-corrected chi connectivity index (χ0v) is 9.26. The molecule has 0 fully saturated rings. The van der Waals surface area contributed by atoms with Gasteiger partial charge in [0.2, 0.25) is 0 Å². The Balaban J connectivity index is 3.32. The Bertz CT molecular complexity index is 393. The highest BCUT2D eigenvalue weighted by molar-refractivity contribution is 6.17. The van der Waals surface area contributed by atoms with Crippen LogP contribution in [0.2, 0.25) is 0 Å². The fraction of sp³-hybridized carbons (Fsp3) is 0.400. The number of hydrogen-bond donors (Lipinski definition) is 0. The Morgan fingerprint density at radius 3 is 2.75 bits per heavy atom. The first-order chi connectivity index (χ1) is 7.63. The Morgan fingerprint density at radius 2 is 2.31 bits per heavy atom. The van der Waals surface area contributed by atoms with E-state index < -0.39 is 12.1 Å². The van der Waals surface area contributed by atoms with Gasteiger partial charge in [0.05, 0.1) is 31.2 Å². The monoisotopic (exact) mass is 246 g/mol. The lowest BCUT2D eigenvalue weighted by atomic mass is 10.1. The molecular weight excluding hydrogens is 238 g/mol. The summed E-state index contributed by atoms with van der Waals surface area (Å²) in [6.07, 6.45) is -2.66. The van der Waals surface area contributed by atoms with Crippen LogP contribution in [0.5, 0.6) is 5.75 Å². The van der Waals surface area contributed by atoms with Gasteiger partial charge in [-0.3, -0.25) is 0 Å². The van der Waals surface area contributed by atoms with E-state index >= 15 is 0 Å². The van der Waals surface area contributed by atoms with Crippen molar-refractivity contribution in [2.45, 2.75) is 18.7 Å². The molecule has 1 aromatic heterocycles. The predicted octanol–water partition coefficient (Wildman–Crippen LogP) is 2.83. The topological polar surface area (TPSA) is 45.9 Å². The van der Waals surface area contributed by atoms with E-state index in [1.54, 1.807) is 0 Å². The first kappa shape index (κ1) is 12.7. The Hall–Kier alpha value is -1.41. The molecule has 1 heterocycles. The lowest BCUT2D eigenvalue weighted by Crippen LogP contribution is -2.03. The Labute approximate surface area is 96.6 Å². The Kier molecular flexibility index (Phi) is 4.44. The van der Waals surface area contributed by atoms with Crippen molar-refractivity contribution in [3.63, 3.8) is 0 Å². The summed E-state index contributed by atoms with van der Waals surface area (Å²) in [5.74, 6) is 0.191. The minimum atomic E-state index is -2.69. The molecule has 3 nitrogen and oxygen atoms in total. The SMILES string of the molecule is COc1cc(C(F)F)nc(CCl)c1CC#N. The van der Waals surface area contributed by atoms with Gasteiger partial charge in [0.1, 0.15) is 11.4 Å². The van der Waals surface area contributed by atoms with E-state index in [4.69, 9.17) is 21.6 Å². The van der Waals surface area contributed by atoms with Gasteiger partial charge in [-0.15, -0.1) is 11.6 Å². The number of rotatable bonds is 4. The van der Waals surface area contributed by atoms with Crippen LogP contribution < -0.4 is 4.74 Å². The number of methoxy groups -OCH3 is 1. The average Bonchev–Trinajstić information content (AvgIpc) is 2.29. The first-order valence-electron chi connectivity index (χ1n) is 4.41. The van der Waals surface area contributed by atoms with E-state index in [-0.39, 0.29) is 23.7 Å². The van der Waals surface area contributed by atoms with Crippen molar-refractivity contribution in [2.24, 2.45) is 0 Å². The molecule has 0 atom stereocenters. The van der Waals surface area contributed by atoms with Crippen molar-refractivity contribution < 1.29 is 13.5 Å². The highest BCUT2D eigenvalue weighted by Gasteiger charge is 2.17. The molecule has 16 heavy (non-hydrogen) atoms. The molecule has 0 aromatic carbocycles. The summed E-state index contributed by atoms with van der Waals surface area (Å²) in [4.78, 5) is 3.70. The number of alkyl halides is 3. The quantitative estimate of drug-likeness (QED) is 0.768. The van der Waals surface area contributed by atoms with E-state index in [2.05, 4.69) is 4.98 Å². The molecule has 0 aliphatic carbocycles. The third kappa shape index (κ3) is 2.58. The minimum absolute atomic E-state index is 0.0295. The number of hydrogen-bond acceptors (Lipinski definition) is 3. The molecule has 0 saturated heterocycles. The molecule has 1 rings (SSSR count). The number of aromatic nitrogens is 1. The van der Waals surface area contributed by atoms with Gasteiger partial charge >= 0.3 is 0 Å². The number of halogens is 3. The highest BCUT2D eigenvalue weighted by atomic mass is 35.5. The van der Waals surface area contributed by atoms with Crippen LogP contribution in [0.4, 0.5) is 8.78 Å². The lowest BCUT2D eigenvalue weighted by molar-refractivity contribution is 0.145. The normalized spacial score (nSPS) is 10.2. The molecule has 0 unspecified atom stereocenters. The summed E-state index contributed by atoms with van der Waals surface area (Å²) in [6.45, 7) is 0. The molecule has 0 spiro atoms. The van der Waals surface area contributed by atoms with Crippen LogP contribution in [0.15, 0.2) is 6.07 Å². The number of pyridine rings is 1. The molecule has 0 N–H and O–H groups in total. The molecule has 0 saturated carbocycles. The van der Waals surface area contributed by atoms with Crippen LogP contribution in [-0.2, 0) is 12.3 Å². The second kappa shape index (κ2) is 5.61. The van der Waals surface area contributed by atoms with Crippen molar-refractivity contribution in [3.05, 3.63) is 23.0 Å². The van der Waals surface area contributed by atoms with Crippen molar-refractivity contribution in [1.29, 1.82) is 5.26 Å². The van der Waals surface area contributed by atoms with E-state index in [0.29, 0.717) is 5.56 Å². The predicted molar refractivity (Wildman–Crippen MR) is 54.6 cm³/mol. The third-order valence-electron chi connectivity index (χ3n) is 2.01. The van der Waals surface area contributed by atoms with Gasteiger partial charge in [-0.25, -0.2) is 13.8 Å². The van der Waals surface area contributed by atoms with E-state index in [0.717, 1.165) is 6.07 Å². The number of nitriles is 1. The van der Waals surface area contributed by atoms with E-state index in [9.17, 15) is 8.78 Å². The van der Waals surface area contributed by atoms with Crippen molar-refractivity contribution >= 4 is 11.6 Å². The van der Waals surface area contributed by atoms with Crippen LogP contribution in [-0.4, -0.2) is 12.1 Å². The summed E-state index contributed by atoms with van der Waals surface area (Å²) < 4.78 is 29.9. The molecule has 0 radical (unpaired) electrons. The maximum atomic E-state index is 12.5. The van der Waals surface area contributed by atoms with Gasteiger partial charge in [-0.1, -0.05) is 0 Å². The summed E-state index contributed by atoms with van der Waals surface area (Å²) in [5, 5.41) is 8.61. The molecule has 6 heteroatoms. The Morgan fingerprint density at radius 1 is 1.62 bits per heavy atom.